The quantitative estimate of drug-likeness (QED) is 0.701. The Morgan fingerprint density at radius 3 is 3.08 bits per heavy atom. The van der Waals surface area contributed by atoms with E-state index in [2.05, 4.69) is 4.98 Å². The van der Waals surface area contributed by atoms with Gasteiger partial charge >= 0.3 is 0 Å². The Kier molecular flexibility index (Phi) is 1.87. The molecule has 3 heteroatoms. The van der Waals surface area contributed by atoms with Crippen LogP contribution in [0.25, 0.3) is 5.57 Å². The fourth-order valence-electron chi connectivity index (χ4n) is 1.12. The molecule has 0 amide bonds. The van der Waals surface area contributed by atoms with Crippen LogP contribution in [0.2, 0.25) is 0 Å². The van der Waals surface area contributed by atoms with Gasteiger partial charge in [0, 0.05) is 29.3 Å². The van der Waals surface area contributed by atoms with Crippen LogP contribution in [0, 0.1) is 5.41 Å². The summed E-state index contributed by atoms with van der Waals surface area (Å²) >= 11 is 1.58. The highest BCUT2D eigenvalue weighted by Gasteiger charge is 2.10. The molecule has 0 saturated carbocycles. The van der Waals surface area contributed by atoms with E-state index in [1.54, 1.807) is 17.5 Å². The lowest BCUT2D eigenvalue weighted by atomic mass is 10.0. The van der Waals surface area contributed by atoms with Crippen LogP contribution in [0.1, 0.15) is 11.4 Å². The van der Waals surface area contributed by atoms with Gasteiger partial charge in [0.15, 0.2) is 0 Å². The highest BCUT2D eigenvalue weighted by Crippen LogP contribution is 2.22. The molecule has 1 aromatic heterocycles. The minimum atomic E-state index is 0.660. The molecule has 1 aliphatic carbocycles. The van der Waals surface area contributed by atoms with E-state index >= 15 is 0 Å². The molecule has 0 spiro atoms. The number of aromatic nitrogens is 1. The van der Waals surface area contributed by atoms with Gasteiger partial charge in [0.05, 0.1) is 0 Å². The van der Waals surface area contributed by atoms with Gasteiger partial charge < -0.3 is 5.41 Å². The van der Waals surface area contributed by atoms with Crippen molar-refractivity contribution in [1.82, 2.24) is 4.98 Å². The third-order valence-corrected chi connectivity index (χ3v) is 2.52. The summed E-state index contributed by atoms with van der Waals surface area (Å²) in [5.74, 6) is 0. The normalized spacial score (nSPS) is 16.3. The first-order valence-electron chi connectivity index (χ1n) is 3.72. The summed E-state index contributed by atoms with van der Waals surface area (Å²) in [4.78, 5) is 4.17. The Labute approximate surface area is 74.8 Å². The Balaban J connectivity index is 2.40. The fourth-order valence-corrected chi connectivity index (χ4v) is 1.81. The second-order valence-electron chi connectivity index (χ2n) is 2.53. The minimum absolute atomic E-state index is 0.660. The monoisotopic (exact) mass is 176 g/mol. The molecule has 0 unspecified atom stereocenters. The van der Waals surface area contributed by atoms with Gasteiger partial charge in [0.2, 0.25) is 0 Å². The molecule has 60 valence electrons. The summed E-state index contributed by atoms with van der Waals surface area (Å²) < 4.78 is 0. The Morgan fingerprint density at radius 2 is 2.42 bits per heavy atom. The van der Waals surface area contributed by atoms with Gasteiger partial charge in [-0.1, -0.05) is 18.2 Å². The van der Waals surface area contributed by atoms with Crippen LogP contribution >= 0.6 is 11.3 Å². The maximum absolute atomic E-state index is 7.67. The van der Waals surface area contributed by atoms with E-state index in [0.717, 1.165) is 17.0 Å². The maximum Gasteiger partial charge on any atom is 0.125 e. The SMILES string of the molecule is N=C1CC=CC=C1c1nccs1. The molecule has 0 aromatic carbocycles. The maximum atomic E-state index is 7.67. The van der Waals surface area contributed by atoms with Crippen molar-refractivity contribution in [3.63, 3.8) is 0 Å². The molecule has 0 saturated heterocycles. The average molecular weight is 176 g/mol. The van der Waals surface area contributed by atoms with Crippen LogP contribution < -0.4 is 0 Å². The molecule has 1 N–H and O–H groups in total. The van der Waals surface area contributed by atoms with Crippen LogP contribution in [0.3, 0.4) is 0 Å². The van der Waals surface area contributed by atoms with E-state index in [-0.39, 0.29) is 0 Å². The second kappa shape index (κ2) is 3.03. The van der Waals surface area contributed by atoms with E-state index in [0.29, 0.717) is 5.71 Å². The van der Waals surface area contributed by atoms with Gasteiger partial charge in [-0.25, -0.2) is 4.98 Å². The molecule has 1 aliphatic rings. The van der Waals surface area contributed by atoms with Crippen molar-refractivity contribution >= 4 is 22.6 Å². The third-order valence-electron chi connectivity index (χ3n) is 1.71. The molecule has 0 fully saturated rings. The minimum Gasteiger partial charge on any atom is -0.304 e. The zero-order chi connectivity index (χ0) is 8.39. The molecule has 2 nitrogen and oxygen atoms in total. The summed E-state index contributed by atoms with van der Waals surface area (Å²) in [5.41, 5.74) is 1.62. The van der Waals surface area contributed by atoms with Crippen molar-refractivity contribution in [2.24, 2.45) is 0 Å². The second-order valence-corrected chi connectivity index (χ2v) is 3.42. The number of thiazole rings is 1. The van der Waals surface area contributed by atoms with E-state index < -0.39 is 0 Å². The number of nitrogens with one attached hydrogen (secondary N) is 1. The lowest BCUT2D eigenvalue weighted by molar-refractivity contribution is 1.33. The van der Waals surface area contributed by atoms with Gasteiger partial charge in [-0.05, 0) is 0 Å². The summed E-state index contributed by atoms with van der Waals surface area (Å²) in [7, 11) is 0. The molecule has 1 heterocycles. The van der Waals surface area contributed by atoms with Crippen LogP contribution in [-0.2, 0) is 0 Å². The topological polar surface area (TPSA) is 36.7 Å². The zero-order valence-corrected chi connectivity index (χ0v) is 7.27. The molecule has 1 aromatic rings. The number of hydrogen-bond acceptors (Lipinski definition) is 3. The van der Waals surface area contributed by atoms with Gasteiger partial charge in [-0.15, -0.1) is 11.3 Å². The molecule has 12 heavy (non-hydrogen) atoms. The van der Waals surface area contributed by atoms with Gasteiger partial charge in [-0.2, -0.15) is 0 Å². The molecular formula is C9H8N2S. The van der Waals surface area contributed by atoms with Crippen molar-refractivity contribution in [2.45, 2.75) is 6.42 Å². The van der Waals surface area contributed by atoms with Crippen molar-refractivity contribution < 1.29 is 0 Å². The molecule has 0 atom stereocenters. The largest absolute Gasteiger partial charge is 0.304 e. The fraction of sp³-hybridized carbons (Fsp3) is 0.111. The summed E-state index contributed by atoms with van der Waals surface area (Å²) in [6, 6.07) is 0. The van der Waals surface area contributed by atoms with Crippen molar-refractivity contribution in [2.75, 3.05) is 0 Å². The average Bonchev–Trinajstić information content (AvgIpc) is 2.57. The molecule has 0 bridgehead atoms. The molecule has 0 radical (unpaired) electrons. The predicted octanol–water partition coefficient (Wildman–Crippen LogP) is 2.51. The van der Waals surface area contributed by atoms with Crippen LogP contribution in [-0.4, -0.2) is 10.7 Å². The van der Waals surface area contributed by atoms with Gasteiger partial charge in [-0.3, -0.25) is 0 Å². The first-order valence-corrected chi connectivity index (χ1v) is 4.60. The smallest absolute Gasteiger partial charge is 0.125 e. The first-order chi connectivity index (χ1) is 5.88. The highest BCUT2D eigenvalue weighted by molar-refractivity contribution is 7.11. The van der Waals surface area contributed by atoms with Crippen molar-refractivity contribution in [1.29, 1.82) is 5.41 Å². The number of allylic oxidation sites excluding steroid dienone is 4. The molecule has 0 aliphatic heterocycles. The summed E-state index contributed by atoms with van der Waals surface area (Å²) in [6.07, 6.45) is 8.41. The number of hydrogen-bond donors (Lipinski definition) is 1. The molecule has 2 rings (SSSR count). The number of rotatable bonds is 1. The van der Waals surface area contributed by atoms with E-state index in [9.17, 15) is 0 Å². The standard InChI is InChI=1S/C9H8N2S/c10-8-4-2-1-3-7(8)9-11-5-6-12-9/h1-3,5-6,10H,4H2. The Bertz CT molecular complexity index is 347. The number of nitrogens with zero attached hydrogens (tertiary/aromatic N) is 1. The Hall–Kier alpha value is -1.22. The van der Waals surface area contributed by atoms with Gasteiger partial charge in [0.1, 0.15) is 5.01 Å². The Morgan fingerprint density at radius 1 is 1.50 bits per heavy atom. The summed E-state index contributed by atoms with van der Waals surface area (Å²) in [5, 5.41) is 10.6. The summed E-state index contributed by atoms with van der Waals surface area (Å²) in [6.45, 7) is 0. The van der Waals surface area contributed by atoms with E-state index in [4.69, 9.17) is 5.41 Å². The first kappa shape index (κ1) is 7.43. The van der Waals surface area contributed by atoms with Crippen molar-refractivity contribution in [3.05, 3.63) is 34.8 Å². The van der Waals surface area contributed by atoms with E-state index in [1.165, 1.54) is 0 Å². The zero-order valence-electron chi connectivity index (χ0n) is 6.45. The lowest BCUT2D eigenvalue weighted by Gasteiger charge is -2.06. The predicted molar refractivity (Wildman–Crippen MR) is 51.6 cm³/mol. The third kappa shape index (κ3) is 1.23. The highest BCUT2D eigenvalue weighted by atomic mass is 32.1. The van der Waals surface area contributed by atoms with Crippen LogP contribution in [0.5, 0.6) is 0 Å². The van der Waals surface area contributed by atoms with Crippen LogP contribution in [0.15, 0.2) is 29.8 Å². The van der Waals surface area contributed by atoms with E-state index in [1.807, 2.05) is 23.6 Å². The van der Waals surface area contributed by atoms with Gasteiger partial charge in [0.25, 0.3) is 0 Å². The van der Waals surface area contributed by atoms with Crippen LogP contribution in [0.4, 0.5) is 0 Å². The van der Waals surface area contributed by atoms with Crippen molar-refractivity contribution in [3.8, 4) is 0 Å². The lowest BCUT2D eigenvalue weighted by Crippen LogP contribution is -2.01. The molecular weight excluding hydrogens is 168 g/mol.